The van der Waals surface area contributed by atoms with Crippen LogP contribution in [0.3, 0.4) is 0 Å². The second-order valence-electron chi connectivity index (χ2n) is 6.30. The zero-order valence-corrected chi connectivity index (χ0v) is 12.1. The van der Waals surface area contributed by atoms with Crippen LogP contribution in [0.5, 0.6) is 0 Å². The molecule has 2 aliphatic carbocycles. The summed E-state index contributed by atoms with van der Waals surface area (Å²) in [4.78, 5) is 14.2. The first-order valence-electron chi connectivity index (χ1n) is 7.87. The standard InChI is InChI=1S/C15H24N2O3/c1-2-20-15(18)10-5-7-17(8-6-10)14-12-4-3-11(9-12)13(14)16-19/h10-12,14,19H,2-9H2,1H3. The molecule has 0 amide bonds. The van der Waals surface area contributed by atoms with Crippen molar-refractivity contribution in [2.24, 2.45) is 22.9 Å². The first-order chi connectivity index (χ1) is 9.74. The number of hydrogen-bond acceptors (Lipinski definition) is 5. The minimum atomic E-state index is -0.0452. The van der Waals surface area contributed by atoms with Gasteiger partial charge in [0.25, 0.3) is 0 Å². The summed E-state index contributed by atoms with van der Waals surface area (Å²) in [5.74, 6) is 1.17. The molecule has 2 bridgehead atoms. The van der Waals surface area contributed by atoms with Crippen molar-refractivity contribution in [3.63, 3.8) is 0 Å². The number of piperidine rings is 1. The molecular weight excluding hydrogens is 256 g/mol. The largest absolute Gasteiger partial charge is 0.466 e. The SMILES string of the molecule is CCOC(=O)C1CCN(C2C(=NO)C3CCC2C3)CC1. The third-order valence-corrected chi connectivity index (χ3v) is 5.30. The van der Waals surface area contributed by atoms with E-state index in [4.69, 9.17) is 4.74 Å². The van der Waals surface area contributed by atoms with Gasteiger partial charge in [0.15, 0.2) is 0 Å². The Hall–Kier alpha value is -1.10. The van der Waals surface area contributed by atoms with Gasteiger partial charge in [-0.2, -0.15) is 0 Å². The minimum Gasteiger partial charge on any atom is -0.466 e. The van der Waals surface area contributed by atoms with Gasteiger partial charge in [0, 0.05) is 5.92 Å². The topological polar surface area (TPSA) is 62.1 Å². The number of fused-ring (bicyclic) bond motifs is 2. The molecule has 0 aromatic carbocycles. The van der Waals surface area contributed by atoms with Crippen molar-refractivity contribution in [1.29, 1.82) is 0 Å². The fourth-order valence-corrected chi connectivity index (χ4v) is 4.35. The van der Waals surface area contributed by atoms with Crippen molar-refractivity contribution in [3.05, 3.63) is 0 Å². The van der Waals surface area contributed by atoms with Gasteiger partial charge in [-0.15, -0.1) is 0 Å². The van der Waals surface area contributed by atoms with Crippen molar-refractivity contribution in [2.45, 2.75) is 45.1 Å². The van der Waals surface area contributed by atoms with E-state index < -0.39 is 0 Å². The highest BCUT2D eigenvalue weighted by Gasteiger charge is 2.48. The molecule has 5 heteroatoms. The number of nitrogens with zero attached hydrogens (tertiary/aromatic N) is 2. The van der Waals surface area contributed by atoms with Crippen molar-refractivity contribution < 1.29 is 14.7 Å². The first kappa shape index (κ1) is 13.9. The molecule has 1 N–H and O–H groups in total. The van der Waals surface area contributed by atoms with E-state index in [9.17, 15) is 10.0 Å². The molecule has 1 saturated heterocycles. The third kappa shape index (κ3) is 2.32. The zero-order valence-electron chi connectivity index (χ0n) is 12.1. The first-order valence-corrected chi connectivity index (χ1v) is 7.87. The minimum absolute atomic E-state index is 0.0452. The smallest absolute Gasteiger partial charge is 0.309 e. The molecule has 0 spiro atoms. The second kappa shape index (κ2) is 5.72. The highest BCUT2D eigenvalue weighted by Crippen LogP contribution is 2.45. The fraction of sp³-hybridized carbons (Fsp3) is 0.867. The molecule has 0 radical (unpaired) electrons. The zero-order chi connectivity index (χ0) is 14.1. The lowest BCUT2D eigenvalue weighted by atomic mass is 9.88. The Morgan fingerprint density at radius 3 is 2.75 bits per heavy atom. The van der Waals surface area contributed by atoms with Gasteiger partial charge in [-0.05, 0) is 58.0 Å². The summed E-state index contributed by atoms with van der Waals surface area (Å²) in [6.45, 7) is 4.14. The maximum Gasteiger partial charge on any atom is 0.309 e. The number of esters is 1. The summed E-state index contributed by atoms with van der Waals surface area (Å²) >= 11 is 0. The predicted octanol–water partition coefficient (Wildman–Crippen LogP) is 1.89. The summed E-state index contributed by atoms with van der Waals surface area (Å²) < 4.78 is 5.11. The number of carbonyl (C=O) groups is 1. The van der Waals surface area contributed by atoms with Crippen molar-refractivity contribution >= 4 is 11.7 Å². The molecule has 1 aliphatic heterocycles. The monoisotopic (exact) mass is 280 g/mol. The quantitative estimate of drug-likeness (QED) is 0.487. The van der Waals surface area contributed by atoms with E-state index in [0.29, 0.717) is 24.5 Å². The molecule has 3 fully saturated rings. The molecule has 1 heterocycles. The predicted molar refractivity (Wildman–Crippen MR) is 74.8 cm³/mol. The van der Waals surface area contributed by atoms with Gasteiger partial charge in [0.1, 0.15) is 0 Å². The van der Waals surface area contributed by atoms with Gasteiger partial charge in [-0.3, -0.25) is 9.69 Å². The van der Waals surface area contributed by atoms with Crippen LogP contribution < -0.4 is 0 Å². The third-order valence-electron chi connectivity index (χ3n) is 5.30. The Labute approximate surface area is 120 Å². The number of hydrogen-bond donors (Lipinski definition) is 1. The average molecular weight is 280 g/mol. The summed E-state index contributed by atoms with van der Waals surface area (Å²) in [7, 11) is 0. The Kier molecular flexibility index (Phi) is 3.96. The lowest BCUT2D eigenvalue weighted by molar-refractivity contribution is -0.149. The van der Waals surface area contributed by atoms with Gasteiger partial charge in [-0.25, -0.2) is 0 Å². The summed E-state index contributed by atoms with van der Waals surface area (Å²) in [5, 5.41) is 12.9. The molecule has 5 nitrogen and oxygen atoms in total. The molecular formula is C15H24N2O3. The van der Waals surface area contributed by atoms with Crippen LogP contribution in [0, 0.1) is 17.8 Å². The van der Waals surface area contributed by atoms with Gasteiger partial charge >= 0.3 is 5.97 Å². The van der Waals surface area contributed by atoms with Crippen LogP contribution >= 0.6 is 0 Å². The molecule has 3 unspecified atom stereocenters. The van der Waals surface area contributed by atoms with Gasteiger partial charge in [-0.1, -0.05) is 5.16 Å². The van der Waals surface area contributed by atoms with E-state index in [1.807, 2.05) is 6.92 Å². The molecule has 3 rings (SSSR count). The van der Waals surface area contributed by atoms with E-state index >= 15 is 0 Å². The number of rotatable bonds is 3. The second-order valence-corrected chi connectivity index (χ2v) is 6.30. The van der Waals surface area contributed by atoms with Crippen molar-refractivity contribution in [3.8, 4) is 0 Å². The maximum atomic E-state index is 11.8. The molecule has 0 aromatic heterocycles. The molecule has 0 aromatic rings. The Balaban J connectivity index is 1.60. The van der Waals surface area contributed by atoms with E-state index in [1.165, 1.54) is 19.3 Å². The van der Waals surface area contributed by atoms with Crippen LogP contribution in [0.15, 0.2) is 5.16 Å². The molecule has 20 heavy (non-hydrogen) atoms. The van der Waals surface area contributed by atoms with E-state index in [1.54, 1.807) is 0 Å². The lowest BCUT2D eigenvalue weighted by Gasteiger charge is -2.39. The van der Waals surface area contributed by atoms with Gasteiger partial charge in [0.2, 0.25) is 0 Å². The summed E-state index contributed by atoms with van der Waals surface area (Å²) in [5.41, 5.74) is 0.996. The Morgan fingerprint density at radius 2 is 2.10 bits per heavy atom. The molecule has 112 valence electrons. The maximum absolute atomic E-state index is 11.8. The van der Waals surface area contributed by atoms with Gasteiger partial charge < -0.3 is 9.94 Å². The summed E-state index contributed by atoms with van der Waals surface area (Å²) in [6.07, 6.45) is 5.35. The van der Waals surface area contributed by atoms with Crippen molar-refractivity contribution in [1.82, 2.24) is 4.90 Å². The normalized spacial score (nSPS) is 36.6. The van der Waals surface area contributed by atoms with Crippen LogP contribution in [0.1, 0.15) is 39.0 Å². The Bertz CT molecular complexity index is 402. The summed E-state index contributed by atoms with van der Waals surface area (Å²) in [6, 6.07) is 0.321. The highest BCUT2D eigenvalue weighted by molar-refractivity contribution is 5.94. The van der Waals surface area contributed by atoms with Crippen molar-refractivity contribution in [2.75, 3.05) is 19.7 Å². The van der Waals surface area contributed by atoms with Gasteiger partial charge in [0.05, 0.1) is 24.3 Å². The number of carbonyl (C=O) groups excluding carboxylic acids is 1. The fourth-order valence-electron chi connectivity index (χ4n) is 4.35. The molecule has 2 saturated carbocycles. The Morgan fingerprint density at radius 1 is 1.35 bits per heavy atom. The van der Waals surface area contributed by atoms with Crippen LogP contribution in [-0.2, 0) is 9.53 Å². The number of oxime groups is 1. The van der Waals surface area contributed by atoms with E-state index in [-0.39, 0.29) is 11.9 Å². The van der Waals surface area contributed by atoms with E-state index in [0.717, 1.165) is 31.6 Å². The number of likely N-dealkylation sites (tertiary alicyclic amines) is 1. The van der Waals surface area contributed by atoms with E-state index in [2.05, 4.69) is 10.1 Å². The van der Waals surface area contributed by atoms with Crippen LogP contribution in [0.25, 0.3) is 0 Å². The van der Waals surface area contributed by atoms with Crippen LogP contribution in [0.4, 0.5) is 0 Å². The highest BCUT2D eigenvalue weighted by atomic mass is 16.5. The van der Waals surface area contributed by atoms with Crippen LogP contribution in [-0.4, -0.2) is 47.5 Å². The molecule has 3 atom stereocenters. The average Bonchev–Trinajstić information content (AvgIpc) is 3.08. The molecule has 3 aliphatic rings. The number of ether oxygens (including phenoxy) is 1. The lowest BCUT2D eigenvalue weighted by Crippen LogP contribution is -2.49. The van der Waals surface area contributed by atoms with Crippen LogP contribution in [0.2, 0.25) is 0 Å².